The molecule has 0 atom stereocenters. The van der Waals surface area contributed by atoms with Gasteiger partial charge in [-0.2, -0.15) is 4.99 Å². The number of hydrogen-bond acceptors (Lipinski definition) is 4. The molecule has 46 valence electrons. The molecular weight excluding hydrogens is 120 g/mol. The molecular formula is C5H4N2O2. The van der Waals surface area contributed by atoms with Crippen molar-refractivity contribution in [1.82, 2.24) is 5.16 Å². The van der Waals surface area contributed by atoms with Crippen molar-refractivity contribution in [1.29, 1.82) is 0 Å². The number of rotatable bonds is 1. The largest absolute Gasteiger partial charge is 0.359 e. The minimum atomic E-state index is 0.435. The quantitative estimate of drug-likeness (QED) is 0.413. The molecule has 0 aliphatic heterocycles. The van der Waals surface area contributed by atoms with Crippen LogP contribution in [0, 0.1) is 6.92 Å². The highest BCUT2D eigenvalue weighted by atomic mass is 16.5. The molecule has 0 N–H and O–H groups in total. The molecule has 0 saturated carbocycles. The normalized spacial score (nSPS) is 8.56. The predicted molar refractivity (Wildman–Crippen MR) is 29.0 cm³/mol. The van der Waals surface area contributed by atoms with Crippen LogP contribution < -0.4 is 0 Å². The molecule has 0 amide bonds. The van der Waals surface area contributed by atoms with E-state index in [0.717, 1.165) is 0 Å². The second-order valence-electron chi connectivity index (χ2n) is 1.47. The summed E-state index contributed by atoms with van der Waals surface area (Å²) in [4.78, 5) is 13.0. The van der Waals surface area contributed by atoms with Crippen molar-refractivity contribution >= 4 is 11.8 Å². The van der Waals surface area contributed by atoms with E-state index in [4.69, 9.17) is 0 Å². The van der Waals surface area contributed by atoms with Crippen molar-refractivity contribution < 1.29 is 9.32 Å². The maximum atomic E-state index is 9.66. The molecule has 0 spiro atoms. The van der Waals surface area contributed by atoms with Crippen LogP contribution in [0.2, 0.25) is 0 Å². The summed E-state index contributed by atoms with van der Waals surface area (Å²) in [6.45, 7) is 1.67. The lowest BCUT2D eigenvalue weighted by atomic mass is 10.4. The number of aliphatic imine (C=N–C) groups is 1. The Morgan fingerprint density at radius 1 is 1.89 bits per heavy atom. The summed E-state index contributed by atoms with van der Waals surface area (Å²) in [5.41, 5.74) is 0.435. The molecule has 1 rings (SSSR count). The molecule has 9 heavy (non-hydrogen) atoms. The summed E-state index contributed by atoms with van der Waals surface area (Å²) in [6.07, 6.45) is 2.75. The highest BCUT2D eigenvalue weighted by Gasteiger charge is 1.97. The van der Waals surface area contributed by atoms with Crippen molar-refractivity contribution in [2.45, 2.75) is 6.92 Å². The Bertz CT molecular complexity index is 247. The first-order chi connectivity index (χ1) is 4.34. The number of isocyanates is 1. The maximum absolute atomic E-state index is 9.66. The first-order valence-electron chi connectivity index (χ1n) is 2.33. The van der Waals surface area contributed by atoms with Gasteiger partial charge in [-0.05, 0) is 6.92 Å². The molecule has 0 saturated heterocycles. The van der Waals surface area contributed by atoms with Gasteiger partial charge in [0.15, 0.2) is 5.76 Å². The molecule has 0 aliphatic rings. The lowest BCUT2D eigenvalue weighted by Gasteiger charge is -1.76. The van der Waals surface area contributed by atoms with Crippen LogP contribution in [0.3, 0.4) is 0 Å². The van der Waals surface area contributed by atoms with Gasteiger partial charge in [0.2, 0.25) is 6.08 Å². The van der Waals surface area contributed by atoms with Crippen LogP contribution in [-0.2, 0) is 4.79 Å². The van der Waals surface area contributed by atoms with Crippen LogP contribution in [0.25, 0.3) is 0 Å². The number of aromatic nitrogens is 1. The number of aryl methyl sites for hydroxylation is 1. The third kappa shape index (κ3) is 1.03. The Balaban J connectivity index is 3.07. The maximum Gasteiger partial charge on any atom is 0.240 e. The topological polar surface area (TPSA) is 55.5 Å². The van der Waals surface area contributed by atoms with Gasteiger partial charge in [-0.1, -0.05) is 5.16 Å². The lowest BCUT2D eigenvalue weighted by molar-refractivity contribution is 0.398. The van der Waals surface area contributed by atoms with Crippen molar-refractivity contribution in [3.05, 3.63) is 12.0 Å². The van der Waals surface area contributed by atoms with Crippen LogP contribution >= 0.6 is 0 Å². The smallest absolute Gasteiger partial charge is 0.240 e. The van der Waals surface area contributed by atoms with E-state index >= 15 is 0 Å². The van der Waals surface area contributed by atoms with Crippen molar-refractivity contribution in [2.75, 3.05) is 0 Å². The van der Waals surface area contributed by atoms with Gasteiger partial charge in [0.1, 0.15) is 5.69 Å². The molecule has 1 heterocycles. The summed E-state index contributed by atoms with van der Waals surface area (Å²) in [7, 11) is 0. The third-order valence-electron chi connectivity index (χ3n) is 0.891. The van der Waals surface area contributed by atoms with Crippen LogP contribution in [0.15, 0.2) is 15.7 Å². The fraction of sp³-hybridized carbons (Fsp3) is 0.200. The molecule has 0 fully saturated rings. The van der Waals surface area contributed by atoms with Crippen molar-refractivity contribution in [3.63, 3.8) is 0 Å². The summed E-state index contributed by atoms with van der Waals surface area (Å²) in [5, 5.41) is 3.39. The Morgan fingerprint density at radius 2 is 2.67 bits per heavy atom. The van der Waals surface area contributed by atoms with E-state index in [9.17, 15) is 4.79 Å². The first kappa shape index (κ1) is 5.72. The SMILES string of the molecule is Cc1oncc1N=C=O. The highest BCUT2D eigenvalue weighted by molar-refractivity contribution is 5.48. The van der Waals surface area contributed by atoms with Crippen LogP contribution in [0.4, 0.5) is 5.69 Å². The zero-order valence-corrected chi connectivity index (χ0v) is 4.79. The minimum Gasteiger partial charge on any atom is -0.359 e. The molecule has 4 nitrogen and oxygen atoms in total. The molecule has 0 radical (unpaired) electrons. The van der Waals surface area contributed by atoms with E-state index in [1.54, 1.807) is 6.92 Å². The summed E-state index contributed by atoms with van der Waals surface area (Å²) >= 11 is 0. The molecule has 1 aromatic rings. The second kappa shape index (κ2) is 2.24. The highest BCUT2D eigenvalue weighted by Crippen LogP contribution is 2.14. The van der Waals surface area contributed by atoms with E-state index in [2.05, 4.69) is 14.7 Å². The number of hydrogen-bond donors (Lipinski definition) is 0. The standard InChI is InChI=1S/C5H4N2O2/c1-4-5(6-3-8)2-7-9-4/h2H,1H3. The van der Waals surface area contributed by atoms with Gasteiger partial charge in [-0.3, -0.25) is 0 Å². The Labute approximate surface area is 51.2 Å². The summed E-state index contributed by atoms with van der Waals surface area (Å²) in [5.74, 6) is 0.526. The van der Waals surface area contributed by atoms with Crippen LogP contribution in [0.1, 0.15) is 5.76 Å². The lowest BCUT2D eigenvalue weighted by Crippen LogP contribution is -1.59. The van der Waals surface area contributed by atoms with E-state index in [0.29, 0.717) is 11.4 Å². The fourth-order valence-electron chi connectivity index (χ4n) is 0.450. The van der Waals surface area contributed by atoms with E-state index in [1.807, 2.05) is 0 Å². The summed E-state index contributed by atoms with van der Waals surface area (Å²) < 4.78 is 4.59. The monoisotopic (exact) mass is 124 g/mol. The first-order valence-corrected chi connectivity index (χ1v) is 2.33. The van der Waals surface area contributed by atoms with Gasteiger partial charge in [0.25, 0.3) is 0 Å². The Morgan fingerprint density at radius 3 is 3.11 bits per heavy atom. The average molecular weight is 124 g/mol. The van der Waals surface area contributed by atoms with Gasteiger partial charge in [-0.15, -0.1) is 0 Å². The van der Waals surface area contributed by atoms with Crippen molar-refractivity contribution in [2.24, 2.45) is 4.99 Å². The van der Waals surface area contributed by atoms with Gasteiger partial charge < -0.3 is 4.52 Å². The summed E-state index contributed by atoms with van der Waals surface area (Å²) in [6, 6.07) is 0. The molecule has 0 aliphatic carbocycles. The number of carbonyl (C=O) groups excluding carboxylic acids is 1. The third-order valence-corrected chi connectivity index (χ3v) is 0.891. The van der Waals surface area contributed by atoms with E-state index in [-0.39, 0.29) is 0 Å². The van der Waals surface area contributed by atoms with E-state index < -0.39 is 0 Å². The Kier molecular flexibility index (Phi) is 1.42. The van der Waals surface area contributed by atoms with Gasteiger partial charge in [0.05, 0.1) is 6.20 Å². The van der Waals surface area contributed by atoms with Gasteiger partial charge >= 0.3 is 0 Å². The molecule has 0 aromatic carbocycles. The van der Waals surface area contributed by atoms with Crippen LogP contribution in [0.5, 0.6) is 0 Å². The zero-order valence-electron chi connectivity index (χ0n) is 4.79. The molecule has 1 aromatic heterocycles. The van der Waals surface area contributed by atoms with Gasteiger partial charge in [0, 0.05) is 0 Å². The molecule has 0 bridgehead atoms. The van der Waals surface area contributed by atoms with Gasteiger partial charge in [-0.25, -0.2) is 4.79 Å². The minimum absolute atomic E-state index is 0.435. The number of nitrogens with zero attached hydrogens (tertiary/aromatic N) is 2. The van der Waals surface area contributed by atoms with Crippen molar-refractivity contribution in [3.8, 4) is 0 Å². The fourth-order valence-corrected chi connectivity index (χ4v) is 0.450. The second-order valence-corrected chi connectivity index (χ2v) is 1.47. The Hall–Kier alpha value is -1.41. The average Bonchev–Trinajstić information content (AvgIpc) is 2.18. The molecule has 0 unspecified atom stereocenters. The van der Waals surface area contributed by atoms with E-state index in [1.165, 1.54) is 12.3 Å². The zero-order chi connectivity index (χ0) is 6.69. The molecule has 4 heteroatoms. The predicted octanol–water partition coefficient (Wildman–Crippen LogP) is 0.950. The van der Waals surface area contributed by atoms with Crippen LogP contribution in [-0.4, -0.2) is 11.2 Å².